The molecule has 20 heavy (non-hydrogen) atoms. The zero-order chi connectivity index (χ0) is 14.8. The Hall–Kier alpha value is -1.17. The van der Waals surface area contributed by atoms with Crippen LogP contribution < -0.4 is 9.64 Å². The summed E-state index contributed by atoms with van der Waals surface area (Å²) in [4.78, 5) is 1.80. The number of benzene rings is 1. The summed E-state index contributed by atoms with van der Waals surface area (Å²) >= 11 is 5.72. The molecular formula is C13H14ClF4NO. The van der Waals surface area contributed by atoms with Crippen molar-refractivity contribution in [2.24, 2.45) is 0 Å². The molecule has 1 heterocycles. The molecule has 1 aliphatic rings. The van der Waals surface area contributed by atoms with Crippen LogP contribution in [0.25, 0.3) is 0 Å². The van der Waals surface area contributed by atoms with E-state index in [0.29, 0.717) is 13.1 Å². The summed E-state index contributed by atoms with van der Waals surface area (Å²) < 4.78 is 55.0. The molecule has 2 rings (SSSR count). The molecule has 0 amide bonds. The first kappa shape index (κ1) is 15.2. The molecule has 0 unspecified atom stereocenters. The summed E-state index contributed by atoms with van der Waals surface area (Å²) in [6.45, 7) is -0.0910. The number of anilines is 1. The van der Waals surface area contributed by atoms with Crippen molar-refractivity contribution in [1.29, 1.82) is 0 Å². The van der Waals surface area contributed by atoms with Gasteiger partial charge in [-0.3, -0.25) is 0 Å². The van der Waals surface area contributed by atoms with E-state index in [1.807, 2.05) is 0 Å². The second kappa shape index (κ2) is 6.08. The van der Waals surface area contributed by atoms with E-state index in [-0.39, 0.29) is 16.5 Å². The van der Waals surface area contributed by atoms with Gasteiger partial charge in [0.25, 0.3) is 0 Å². The molecule has 0 aromatic heterocycles. The van der Waals surface area contributed by atoms with Gasteiger partial charge in [-0.1, -0.05) is 11.6 Å². The zero-order valence-electron chi connectivity index (χ0n) is 10.6. The summed E-state index contributed by atoms with van der Waals surface area (Å²) in [5, 5.41) is -0.160. The van der Waals surface area contributed by atoms with E-state index in [2.05, 4.69) is 4.74 Å². The Bertz CT molecular complexity index is 472. The summed E-state index contributed by atoms with van der Waals surface area (Å²) in [6, 6.07) is 2.24. The van der Waals surface area contributed by atoms with E-state index < -0.39 is 18.6 Å². The average molecular weight is 312 g/mol. The Morgan fingerprint density at radius 3 is 2.40 bits per heavy atom. The third kappa shape index (κ3) is 3.91. The van der Waals surface area contributed by atoms with Gasteiger partial charge in [0.15, 0.2) is 6.61 Å². The van der Waals surface area contributed by atoms with Crippen molar-refractivity contribution in [3.8, 4) is 5.75 Å². The number of piperidine rings is 1. The molecule has 0 bridgehead atoms. The zero-order valence-corrected chi connectivity index (χ0v) is 11.4. The molecule has 1 aromatic rings. The Balaban J connectivity index is 2.20. The minimum Gasteiger partial charge on any atom is -0.482 e. The number of nitrogens with zero attached hydrogens (tertiary/aromatic N) is 1. The van der Waals surface area contributed by atoms with Crippen LogP contribution in [0.2, 0.25) is 5.02 Å². The fourth-order valence-corrected chi connectivity index (χ4v) is 2.37. The quantitative estimate of drug-likeness (QED) is 0.767. The molecule has 1 aliphatic heterocycles. The predicted octanol–water partition coefficient (Wildman–Crippen LogP) is 4.41. The fourth-order valence-electron chi connectivity index (χ4n) is 2.17. The topological polar surface area (TPSA) is 12.5 Å². The van der Waals surface area contributed by atoms with Gasteiger partial charge in [0, 0.05) is 19.2 Å². The Kier molecular flexibility index (Phi) is 4.62. The molecule has 0 radical (unpaired) electrons. The standard InChI is InChI=1S/C13H14ClF4NO/c14-9-6-10(15)11(19-4-2-1-3-5-19)7-12(9)20-8-13(16,17)18/h6-7H,1-5,8H2. The van der Waals surface area contributed by atoms with E-state index in [9.17, 15) is 17.6 Å². The highest BCUT2D eigenvalue weighted by Crippen LogP contribution is 2.34. The van der Waals surface area contributed by atoms with E-state index >= 15 is 0 Å². The molecule has 2 nitrogen and oxygen atoms in total. The summed E-state index contributed by atoms with van der Waals surface area (Å²) in [7, 11) is 0. The van der Waals surface area contributed by atoms with Gasteiger partial charge in [0.1, 0.15) is 11.6 Å². The van der Waals surface area contributed by atoms with E-state index in [4.69, 9.17) is 11.6 Å². The van der Waals surface area contributed by atoms with E-state index in [1.54, 1.807) is 4.90 Å². The van der Waals surface area contributed by atoms with Crippen LogP contribution in [0.1, 0.15) is 19.3 Å². The van der Waals surface area contributed by atoms with E-state index in [1.165, 1.54) is 6.07 Å². The number of rotatable bonds is 3. The highest BCUT2D eigenvalue weighted by molar-refractivity contribution is 6.32. The van der Waals surface area contributed by atoms with Crippen LogP contribution in [0.3, 0.4) is 0 Å². The van der Waals surface area contributed by atoms with Crippen molar-refractivity contribution < 1.29 is 22.3 Å². The number of hydrogen-bond acceptors (Lipinski definition) is 2. The summed E-state index contributed by atoms with van der Waals surface area (Å²) in [6.07, 6.45) is -1.52. The number of halogens is 5. The first-order chi connectivity index (χ1) is 9.37. The third-order valence-corrected chi connectivity index (χ3v) is 3.38. The van der Waals surface area contributed by atoms with E-state index in [0.717, 1.165) is 25.3 Å². The maximum Gasteiger partial charge on any atom is 0.422 e. The maximum atomic E-state index is 13.9. The maximum absolute atomic E-state index is 13.9. The van der Waals surface area contributed by atoms with Crippen LogP contribution in [0, 0.1) is 5.82 Å². The Morgan fingerprint density at radius 1 is 1.15 bits per heavy atom. The van der Waals surface area contributed by atoms with Crippen molar-refractivity contribution in [3.63, 3.8) is 0 Å². The molecule has 0 N–H and O–H groups in total. The normalized spacial score (nSPS) is 16.4. The Labute approximate surface area is 119 Å². The SMILES string of the molecule is Fc1cc(Cl)c(OCC(F)(F)F)cc1N1CCCCC1. The predicted molar refractivity (Wildman–Crippen MR) is 69.0 cm³/mol. The van der Waals surface area contributed by atoms with Crippen molar-refractivity contribution >= 4 is 17.3 Å². The van der Waals surface area contributed by atoms with Gasteiger partial charge < -0.3 is 9.64 Å². The van der Waals surface area contributed by atoms with Crippen LogP contribution >= 0.6 is 11.6 Å². The smallest absolute Gasteiger partial charge is 0.422 e. The van der Waals surface area contributed by atoms with Gasteiger partial charge in [-0.25, -0.2) is 4.39 Å². The average Bonchev–Trinajstić information content (AvgIpc) is 2.37. The second-order valence-electron chi connectivity index (χ2n) is 4.69. The lowest BCUT2D eigenvalue weighted by molar-refractivity contribution is -0.153. The first-order valence-corrected chi connectivity index (χ1v) is 6.68. The number of hydrogen-bond donors (Lipinski definition) is 0. The van der Waals surface area contributed by atoms with Crippen LogP contribution in [0.5, 0.6) is 5.75 Å². The summed E-state index contributed by atoms with van der Waals surface area (Å²) in [5.41, 5.74) is 0.242. The van der Waals surface area contributed by atoms with Gasteiger partial charge in [0.2, 0.25) is 0 Å². The third-order valence-electron chi connectivity index (χ3n) is 3.09. The van der Waals surface area contributed by atoms with Gasteiger partial charge in [-0.15, -0.1) is 0 Å². The van der Waals surface area contributed by atoms with Crippen molar-refractivity contribution in [2.45, 2.75) is 25.4 Å². The second-order valence-corrected chi connectivity index (χ2v) is 5.09. The number of ether oxygens (including phenoxy) is 1. The molecule has 0 spiro atoms. The van der Waals surface area contributed by atoms with Crippen LogP contribution in [0.15, 0.2) is 12.1 Å². The summed E-state index contributed by atoms with van der Waals surface area (Å²) in [5.74, 6) is -0.692. The molecule has 112 valence electrons. The van der Waals surface area contributed by atoms with Gasteiger partial charge in [0.05, 0.1) is 10.7 Å². The lowest BCUT2D eigenvalue weighted by atomic mass is 10.1. The molecule has 1 fully saturated rings. The molecule has 0 aliphatic carbocycles. The van der Waals surface area contributed by atoms with Crippen LogP contribution in [0.4, 0.5) is 23.2 Å². The van der Waals surface area contributed by atoms with Gasteiger partial charge >= 0.3 is 6.18 Å². The highest BCUT2D eigenvalue weighted by Gasteiger charge is 2.29. The fraction of sp³-hybridized carbons (Fsp3) is 0.538. The number of alkyl halides is 3. The lowest BCUT2D eigenvalue weighted by Gasteiger charge is -2.29. The van der Waals surface area contributed by atoms with Crippen molar-refractivity contribution in [2.75, 3.05) is 24.6 Å². The van der Waals surface area contributed by atoms with Crippen molar-refractivity contribution in [1.82, 2.24) is 0 Å². The molecule has 1 aromatic carbocycles. The lowest BCUT2D eigenvalue weighted by Crippen LogP contribution is -2.30. The van der Waals surface area contributed by atoms with Crippen LogP contribution in [-0.4, -0.2) is 25.9 Å². The van der Waals surface area contributed by atoms with Crippen molar-refractivity contribution in [3.05, 3.63) is 23.0 Å². The first-order valence-electron chi connectivity index (χ1n) is 6.30. The molecule has 0 saturated carbocycles. The van der Waals surface area contributed by atoms with Crippen LogP contribution in [-0.2, 0) is 0 Å². The highest BCUT2D eigenvalue weighted by atomic mass is 35.5. The molecular weight excluding hydrogens is 298 g/mol. The Morgan fingerprint density at radius 2 is 1.80 bits per heavy atom. The molecule has 0 atom stereocenters. The van der Waals surface area contributed by atoms with Gasteiger partial charge in [-0.2, -0.15) is 13.2 Å². The van der Waals surface area contributed by atoms with Gasteiger partial charge in [-0.05, 0) is 25.3 Å². The minimum absolute atomic E-state index is 0.147. The molecule has 1 saturated heterocycles. The minimum atomic E-state index is -4.46. The largest absolute Gasteiger partial charge is 0.482 e. The monoisotopic (exact) mass is 311 g/mol. The molecule has 7 heteroatoms.